The molecule has 0 spiro atoms. The van der Waals surface area contributed by atoms with Crippen molar-refractivity contribution in [2.24, 2.45) is 0 Å². The molecule has 8 nitrogen and oxygen atoms in total. The first-order valence-electron chi connectivity index (χ1n) is 10.9. The van der Waals surface area contributed by atoms with Gasteiger partial charge in [0.05, 0.1) is 12.1 Å². The molecule has 0 radical (unpaired) electrons. The number of halogens is 2. The summed E-state index contributed by atoms with van der Waals surface area (Å²) in [6.07, 6.45) is 1.41. The lowest BCUT2D eigenvalue weighted by molar-refractivity contribution is -0.112. The molecule has 2 aromatic carbocycles. The first-order valence-corrected chi connectivity index (χ1v) is 12.4. The molecule has 3 aromatic rings. The third-order valence-electron chi connectivity index (χ3n) is 4.81. The van der Waals surface area contributed by atoms with Gasteiger partial charge in [-0.15, -0.1) is 10.2 Å². The van der Waals surface area contributed by atoms with Crippen molar-refractivity contribution in [1.29, 1.82) is 5.26 Å². The number of nitrogens with zero attached hydrogens (tertiary/aromatic N) is 3. The maximum Gasteiger partial charge on any atom is 0.268 e. The van der Waals surface area contributed by atoms with E-state index in [1.807, 2.05) is 32.9 Å². The molecule has 3 rings (SSSR count). The second kappa shape index (κ2) is 12.6. The molecular formula is C25H24Cl2N4O4S. The highest BCUT2D eigenvalue weighted by Gasteiger charge is 2.16. The van der Waals surface area contributed by atoms with Gasteiger partial charge in [0.1, 0.15) is 35.6 Å². The number of hydrogen-bond acceptors (Lipinski definition) is 8. The fraction of sp³-hybridized carbons (Fsp3) is 0.280. The molecular weight excluding hydrogens is 523 g/mol. The number of nitrogens with one attached hydrogen (secondary N) is 1. The standard InChI is InChI=1S/C25H24Cl2N4O4S/c1-14(2)24-30-31-25(36-24)29-23(32)17(13-28)10-16-11-20(27)22(21(12-16)33-4)35-8-7-34-18-5-6-19(26)15(3)9-18/h5-6,9-12,14H,7-8H2,1-4H3,(H,29,31,32). The van der Waals surface area contributed by atoms with Gasteiger partial charge in [0.25, 0.3) is 5.91 Å². The molecule has 0 saturated heterocycles. The Morgan fingerprint density at radius 2 is 1.92 bits per heavy atom. The van der Waals surface area contributed by atoms with Crippen LogP contribution < -0.4 is 19.5 Å². The van der Waals surface area contributed by atoms with E-state index in [0.29, 0.717) is 33.0 Å². The van der Waals surface area contributed by atoms with E-state index in [2.05, 4.69) is 15.5 Å². The average Bonchev–Trinajstić information content (AvgIpc) is 3.31. The number of nitriles is 1. The van der Waals surface area contributed by atoms with E-state index in [-0.39, 0.29) is 29.7 Å². The van der Waals surface area contributed by atoms with E-state index < -0.39 is 5.91 Å². The summed E-state index contributed by atoms with van der Waals surface area (Å²) >= 11 is 13.7. The van der Waals surface area contributed by atoms with Crippen LogP contribution in [-0.2, 0) is 4.79 Å². The number of ether oxygens (including phenoxy) is 3. The minimum Gasteiger partial charge on any atom is -0.493 e. The van der Waals surface area contributed by atoms with Crippen molar-refractivity contribution in [1.82, 2.24) is 10.2 Å². The van der Waals surface area contributed by atoms with Crippen LogP contribution in [0.4, 0.5) is 5.13 Å². The summed E-state index contributed by atoms with van der Waals surface area (Å²) in [5.41, 5.74) is 1.27. The van der Waals surface area contributed by atoms with Crippen molar-refractivity contribution in [3.8, 4) is 23.3 Å². The number of carbonyl (C=O) groups excluding carboxylic acids is 1. The van der Waals surface area contributed by atoms with E-state index in [0.717, 1.165) is 10.6 Å². The number of methoxy groups -OCH3 is 1. The van der Waals surface area contributed by atoms with Gasteiger partial charge in [0.2, 0.25) is 5.13 Å². The Balaban J connectivity index is 1.68. The zero-order valence-corrected chi connectivity index (χ0v) is 22.4. The highest BCUT2D eigenvalue weighted by atomic mass is 35.5. The van der Waals surface area contributed by atoms with Crippen LogP contribution in [0.1, 0.15) is 35.9 Å². The largest absolute Gasteiger partial charge is 0.493 e. The van der Waals surface area contributed by atoms with Gasteiger partial charge in [-0.1, -0.05) is 48.4 Å². The van der Waals surface area contributed by atoms with Gasteiger partial charge >= 0.3 is 0 Å². The van der Waals surface area contributed by atoms with Gasteiger partial charge in [-0.25, -0.2) is 0 Å². The Morgan fingerprint density at radius 1 is 1.17 bits per heavy atom. The summed E-state index contributed by atoms with van der Waals surface area (Å²) in [4.78, 5) is 12.6. The van der Waals surface area contributed by atoms with Crippen LogP contribution in [-0.4, -0.2) is 36.4 Å². The Hall–Kier alpha value is -3.32. The molecule has 1 aromatic heterocycles. The predicted molar refractivity (Wildman–Crippen MR) is 141 cm³/mol. The lowest BCUT2D eigenvalue weighted by Gasteiger charge is -2.14. The molecule has 0 aliphatic heterocycles. The summed E-state index contributed by atoms with van der Waals surface area (Å²) < 4.78 is 16.9. The average molecular weight is 547 g/mol. The fourth-order valence-electron chi connectivity index (χ4n) is 2.97. The van der Waals surface area contributed by atoms with Crippen molar-refractivity contribution < 1.29 is 19.0 Å². The SMILES string of the molecule is COc1cc(C=C(C#N)C(=O)Nc2nnc(C(C)C)s2)cc(Cl)c1OCCOc1ccc(Cl)c(C)c1. The van der Waals surface area contributed by atoms with E-state index in [4.69, 9.17) is 37.4 Å². The van der Waals surface area contributed by atoms with Crippen LogP contribution >= 0.6 is 34.5 Å². The molecule has 36 heavy (non-hydrogen) atoms. The van der Waals surface area contributed by atoms with Gasteiger partial charge in [-0.05, 0) is 54.5 Å². The third kappa shape index (κ3) is 7.10. The highest BCUT2D eigenvalue weighted by Crippen LogP contribution is 2.37. The van der Waals surface area contributed by atoms with E-state index in [9.17, 15) is 10.1 Å². The van der Waals surface area contributed by atoms with Gasteiger partial charge in [-0.3, -0.25) is 10.1 Å². The molecule has 0 fully saturated rings. The summed E-state index contributed by atoms with van der Waals surface area (Å²) in [5, 5.41) is 22.1. The van der Waals surface area contributed by atoms with Crippen LogP contribution in [0.3, 0.4) is 0 Å². The second-order valence-corrected chi connectivity index (χ2v) is 9.69. The van der Waals surface area contributed by atoms with E-state index in [1.54, 1.807) is 24.3 Å². The topological polar surface area (TPSA) is 106 Å². The van der Waals surface area contributed by atoms with Crippen LogP contribution in [0, 0.1) is 18.3 Å². The molecule has 188 valence electrons. The highest BCUT2D eigenvalue weighted by molar-refractivity contribution is 7.15. The van der Waals surface area contributed by atoms with Crippen molar-refractivity contribution in [3.63, 3.8) is 0 Å². The number of anilines is 1. The maximum absolute atomic E-state index is 12.6. The van der Waals surface area contributed by atoms with Gasteiger partial charge in [0, 0.05) is 10.9 Å². The summed E-state index contributed by atoms with van der Waals surface area (Å²) in [7, 11) is 1.47. The lowest BCUT2D eigenvalue weighted by atomic mass is 10.1. The molecule has 0 aliphatic rings. The zero-order valence-electron chi connectivity index (χ0n) is 20.1. The summed E-state index contributed by atoms with van der Waals surface area (Å²) in [6.45, 7) is 6.33. The van der Waals surface area contributed by atoms with Gasteiger partial charge in [-0.2, -0.15) is 5.26 Å². The molecule has 0 atom stereocenters. The van der Waals surface area contributed by atoms with Crippen molar-refractivity contribution >= 4 is 51.7 Å². The Kier molecular flexibility index (Phi) is 9.53. The van der Waals surface area contributed by atoms with Crippen molar-refractivity contribution in [2.75, 3.05) is 25.6 Å². The molecule has 0 unspecified atom stereocenters. The lowest BCUT2D eigenvalue weighted by Crippen LogP contribution is -2.13. The fourth-order valence-corrected chi connectivity index (χ4v) is 4.10. The first-order chi connectivity index (χ1) is 17.2. The minimum atomic E-state index is -0.603. The number of hydrogen-bond donors (Lipinski definition) is 1. The van der Waals surface area contributed by atoms with Gasteiger partial charge < -0.3 is 14.2 Å². The van der Waals surface area contributed by atoms with Crippen LogP contribution in [0.25, 0.3) is 6.08 Å². The van der Waals surface area contributed by atoms with E-state index in [1.165, 1.54) is 24.5 Å². The molecule has 0 bridgehead atoms. The molecule has 1 N–H and O–H groups in total. The molecule has 1 heterocycles. The number of rotatable bonds is 10. The molecule has 1 amide bonds. The van der Waals surface area contributed by atoms with Gasteiger partial charge in [0.15, 0.2) is 11.5 Å². The van der Waals surface area contributed by atoms with Crippen molar-refractivity contribution in [2.45, 2.75) is 26.7 Å². The Bertz CT molecular complexity index is 1320. The number of aromatic nitrogens is 2. The zero-order chi connectivity index (χ0) is 26.2. The Labute approximate surface area is 223 Å². The van der Waals surface area contributed by atoms with Crippen LogP contribution in [0.2, 0.25) is 10.0 Å². The van der Waals surface area contributed by atoms with Crippen molar-refractivity contribution in [3.05, 3.63) is 62.1 Å². The number of benzene rings is 2. The Morgan fingerprint density at radius 3 is 2.56 bits per heavy atom. The monoisotopic (exact) mass is 546 g/mol. The maximum atomic E-state index is 12.6. The minimum absolute atomic E-state index is 0.130. The van der Waals surface area contributed by atoms with Crippen LogP contribution in [0.5, 0.6) is 17.2 Å². The summed E-state index contributed by atoms with van der Waals surface area (Å²) in [6, 6.07) is 10.5. The number of carbonyl (C=O) groups is 1. The van der Waals surface area contributed by atoms with Crippen LogP contribution in [0.15, 0.2) is 35.9 Å². The number of aryl methyl sites for hydroxylation is 1. The second-order valence-electron chi connectivity index (χ2n) is 7.87. The van der Waals surface area contributed by atoms with E-state index >= 15 is 0 Å². The summed E-state index contributed by atoms with van der Waals surface area (Å²) in [5.74, 6) is 0.927. The molecule has 11 heteroatoms. The molecule has 0 saturated carbocycles. The normalized spacial score (nSPS) is 11.2. The first kappa shape index (κ1) is 27.3. The smallest absolute Gasteiger partial charge is 0.268 e. The third-order valence-corrected chi connectivity index (χ3v) is 6.65. The quantitative estimate of drug-likeness (QED) is 0.181. The predicted octanol–water partition coefficient (Wildman–Crippen LogP) is 6.29. The molecule has 0 aliphatic carbocycles. The number of amides is 1.